The molecule has 1 aromatic heterocycles. The van der Waals surface area contributed by atoms with Crippen molar-refractivity contribution in [2.45, 2.75) is 10.1 Å². The van der Waals surface area contributed by atoms with Crippen LogP contribution in [-0.4, -0.2) is 36.3 Å². The van der Waals surface area contributed by atoms with Gasteiger partial charge in [0.2, 0.25) is 5.13 Å². The number of anilines is 2. The number of nitrogens with zero attached hydrogens (tertiary/aromatic N) is 4. The van der Waals surface area contributed by atoms with Crippen molar-refractivity contribution < 1.29 is 4.92 Å². The molecule has 0 aliphatic rings. The minimum atomic E-state index is -0.392. The van der Waals surface area contributed by atoms with Gasteiger partial charge in [-0.15, -0.1) is 10.2 Å². The lowest BCUT2D eigenvalue weighted by Crippen LogP contribution is -2.07. The average Bonchev–Trinajstić information content (AvgIpc) is 2.93. The fourth-order valence-electron chi connectivity index (χ4n) is 1.62. The van der Waals surface area contributed by atoms with Crippen LogP contribution in [0.3, 0.4) is 0 Å². The molecule has 21 heavy (non-hydrogen) atoms. The van der Waals surface area contributed by atoms with Crippen LogP contribution in [-0.2, 0) is 5.75 Å². The van der Waals surface area contributed by atoms with Gasteiger partial charge in [0.05, 0.1) is 4.92 Å². The zero-order valence-corrected chi connectivity index (χ0v) is 13.5. The van der Waals surface area contributed by atoms with Crippen molar-refractivity contribution in [1.82, 2.24) is 10.2 Å². The molecular formula is C12H15N5O2S2. The number of nitro benzene ring substituents is 1. The Morgan fingerprint density at radius 2 is 2.19 bits per heavy atom. The van der Waals surface area contributed by atoms with Gasteiger partial charge < -0.3 is 10.2 Å². The molecule has 1 heterocycles. The summed E-state index contributed by atoms with van der Waals surface area (Å²) >= 11 is 3.09. The third-order valence-corrected chi connectivity index (χ3v) is 4.96. The molecular weight excluding hydrogens is 310 g/mol. The number of hydrogen-bond acceptors (Lipinski definition) is 8. The lowest BCUT2D eigenvalue weighted by molar-refractivity contribution is -0.383. The second kappa shape index (κ2) is 6.72. The molecule has 112 valence electrons. The quantitative estimate of drug-likeness (QED) is 0.496. The maximum absolute atomic E-state index is 10.9. The number of aromatic nitrogens is 2. The Morgan fingerprint density at radius 3 is 2.76 bits per heavy atom. The molecule has 0 spiro atoms. The van der Waals surface area contributed by atoms with E-state index in [1.54, 1.807) is 30.9 Å². The summed E-state index contributed by atoms with van der Waals surface area (Å²) in [5.74, 6) is 0.689. The summed E-state index contributed by atoms with van der Waals surface area (Å²) in [5.41, 5.74) is 1.60. The Bertz CT molecular complexity index is 644. The van der Waals surface area contributed by atoms with Crippen LogP contribution >= 0.6 is 23.1 Å². The molecule has 0 saturated carbocycles. The number of rotatable bonds is 6. The summed E-state index contributed by atoms with van der Waals surface area (Å²) in [6.45, 7) is 0. The number of benzene rings is 1. The SMILES string of the molecule is CNc1cc(CSc2nnc(N(C)C)s2)ccc1[N+](=O)[O-]. The van der Waals surface area contributed by atoms with E-state index in [9.17, 15) is 10.1 Å². The molecule has 7 nitrogen and oxygen atoms in total. The van der Waals surface area contributed by atoms with Crippen molar-refractivity contribution in [1.29, 1.82) is 0 Å². The minimum absolute atomic E-state index is 0.0806. The molecule has 2 aromatic rings. The molecule has 9 heteroatoms. The van der Waals surface area contributed by atoms with Gasteiger partial charge in [0, 0.05) is 33.0 Å². The molecule has 0 radical (unpaired) electrons. The van der Waals surface area contributed by atoms with Gasteiger partial charge >= 0.3 is 0 Å². The largest absolute Gasteiger partial charge is 0.383 e. The molecule has 0 unspecified atom stereocenters. The zero-order chi connectivity index (χ0) is 15.4. The fourth-order valence-corrected chi connectivity index (χ4v) is 3.33. The minimum Gasteiger partial charge on any atom is -0.383 e. The van der Waals surface area contributed by atoms with Crippen molar-refractivity contribution in [3.8, 4) is 0 Å². The van der Waals surface area contributed by atoms with Crippen molar-refractivity contribution in [2.75, 3.05) is 31.4 Å². The van der Waals surface area contributed by atoms with E-state index in [4.69, 9.17) is 0 Å². The average molecular weight is 325 g/mol. The van der Waals surface area contributed by atoms with Gasteiger partial charge in [-0.25, -0.2) is 0 Å². The predicted octanol–water partition coefficient (Wildman–Crippen LogP) is 2.85. The second-order valence-electron chi connectivity index (χ2n) is 4.39. The van der Waals surface area contributed by atoms with Crippen LogP contribution in [0.5, 0.6) is 0 Å². The van der Waals surface area contributed by atoms with E-state index in [-0.39, 0.29) is 5.69 Å². The van der Waals surface area contributed by atoms with Crippen LogP contribution < -0.4 is 10.2 Å². The third-order valence-electron chi connectivity index (χ3n) is 2.67. The van der Waals surface area contributed by atoms with Crippen LogP contribution in [0.4, 0.5) is 16.5 Å². The number of nitrogens with one attached hydrogen (secondary N) is 1. The first-order valence-corrected chi connectivity index (χ1v) is 7.90. The molecule has 0 aliphatic heterocycles. The Hall–Kier alpha value is -1.87. The van der Waals surface area contributed by atoms with Gasteiger partial charge in [0.15, 0.2) is 4.34 Å². The number of nitro groups is 1. The highest BCUT2D eigenvalue weighted by Crippen LogP contribution is 2.31. The normalized spacial score (nSPS) is 10.4. The van der Waals surface area contributed by atoms with Crippen molar-refractivity contribution in [3.63, 3.8) is 0 Å². The molecule has 1 N–H and O–H groups in total. The Morgan fingerprint density at radius 1 is 1.43 bits per heavy atom. The van der Waals surface area contributed by atoms with E-state index < -0.39 is 4.92 Å². The fraction of sp³-hybridized carbons (Fsp3) is 0.333. The maximum atomic E-state index is 10.9. The number of thioether (sulfide) groups is 1. The molecule has 1 aromatic carbocycles. The number of hydrogen-bond donors (Lipinski definition) is 1. The van der Waals surface area contributed by atoms with Gasteiger partial charge in [-0.2, -0.15) is 0 Å². The van der Waals surface area contributed by atoms with Crippen LogP contribution in [0.1, 0.15) is 5.56 Å². The Balaban J connectivity index is 2.07. The van der Waals surface area contributed by atoms with Gasteiger partial charge in [0.25, 0.3) is 5.69 Å². The Labute approximate surface area is 130 Å². The summed E-state index contributed by atoms with van der Waals surface area (Å²) in [6, 6.07) is 5.08. The predicted molar refractivity (Wildman–Crippen MR) is 86.4 cm³/mol. The Kier molecular flexibility index (Phi) is 4.97. The molecule has 0 amide bonds. The molecule has 0 saturated heterocycles. The molecule has 2 rings (SSSR count). The van der Waals surface area contributed by atoms with Gasteiger partial charge in [-0.3, -0.25) is 10.1 Å². The third kappa shape index (κ3) is 3.82. The van der Waals surface area contributed by atoms with Gasteiger partial charge in [-0.05, 0) is 11.6 Å². The molecule has 0 bridgehead atoms. The monoisotopic (exact) mass is 325 g/mol. The van der Waals surface area contributed by atoms with E-state index in [0.29, 0.717) is 11.4 Å². The lowest BCUT2D eigenvalue weighted by Gasteiger charge is -2.05. The molecule has 0 fully saturated rings. The first-order valence-electron chi connectivity index (χ1n) is 6.10. The summed E-state index contributed by atoms with van der Waals surface area (Å²) in [7, 11) is 5.52. The highest BCUT2D eigenvalue weighted by Gasteiger charge is 2.13. The summed E-state index contributed by atoms with van der Waals surface area (Å²) < 4.78 is 0.878. The van der Waals surface area contributed by atoms with Crippen molar-refractivity contribution in [2.24, 2.45) is 0 Å². The first kappa shape index (κ1) is 15.5. The first-order chi connectivity index (χ1) is 10.0. The van der Waals surface area contributed by atoms with Crippen LogP contribution in [0.2, 0.25) is 0 Å². The summed E-state index contributed by atoms with van der Waals surface area (Å²) in [6.07, 6.45) is 0. The van der Waals surface area contributed by atoms with E-state index in [1.807, 2.05) is 19.0 Å². The maximum Gasteiger partial charge on any atom is 0.292 e. The van der Waals surface area contributed by atoms with Gasteiger partial charge in [0.1, 0.15) is 5.69 Å². The lowest BCUT2D eigenvalue weighted by atomic mass is 10.2. The molecule has 0 aliphatic carbocycles. The van der Waals surface area contributed by atoms with E-state index in [1.165, 1.54) is 17.4 Å². The zero-order valence-electron chi connectivity index (χ0n) is 11.9. The second-order valence-corrected chi connectivity index (χ2v) is 6.57. The smallest absolute Gasteiger partial charge is 0.292 e. The van der Waals surface area contributed by atoms with Crippen molar-refractivity contribution in [3.05, 3.63) is 33.9 Å². The van der Waals surface area contributed by atoms with Crippen molar-refractivity contribution >= 4 is 39.6 Å². The van der Waals surface area contributed by atoms with E-state index in [2.05, 4.69) is 15.5 Å². The standard InChI is InChI=1S/C12H15N5O2S2/c1-13-9-6-8(4-5-10(9)17(18)19)7-20-12-15-14-11(21-12)16(2)3/h4-6,13H,7H2,1-3H3. The molecule has 0 atom stereocenters. The summed E-state index contributed by atoms with van der Waals surface area (Å²) in [4.78, 5) is 12.4. The highest BCUT2D eigenvalue weighted by atomic mass is 32.2. The topological polar surface area (TPSA) is 84.2 Å². The van der Waals surface area contributed by atoms with Crippen LogP contribution in [0.15, 0.2) is 22.5 Å². The summed E-state index contributed by atoms with van der Waals surface area (Å²) in [5, 5.41) is 22.8. The van der Waals surface area contributed by atoms with Crippen LogP contribution in [0, 0.1) is 10.1 Å². The highest BCUT2D eigenvalue weighted by molar-refractivity contribution is 8.00. The van der Waals surface area contributed by atoms with E-state index >= 15 is 0 Å². The van der Waals surface area contributed by atoms with E-state index in [0.717, 1.165) is 15.0 Å². The van der Waals surface area contributed by atoms with Crippen LogP contribution in [0.25, 0.3) is 0 Å². The van der Waals surface area contributed by atoms with Gasteiger partial charge in [-0.1, -0.05) is 29.2 Å².